The van der Waals surface area contributed by atoms with Gasteiger partial charge in [0.25, 0.3) is 5.91 Å². The molecule has 0 saturated carbocycles. The van der Waals surface area contributed by atoms with Gasteiger partial charge in [-0.1, -0.05) is 24.3 Å². The number of pyridine rings is 1. The van der Waals surface area contributed by atoms with Gasteiger partial charge in [-0.15, -0.1) is 0 Å². The van der Waals surface area contributed by atoms with Gasteiger partial charge in [0, 0.05) is 11.8 Å². The number of halogens is 1. The summed E-state index contributed by atoms with van der Waals surface area (Å²) < 4.78 is 20.8. The van der Waals surface area contributed by atoms with Crippen LogP contribution in [0.2, 0.25) is 0 Å². The molecule has 1 aliphatic heterocycles. The van der Waals surface area contributed by atoms with Gasteiger partial charge in [-0.2, -0.15) is 0 Å². The van der Waals surface area contributed by atoms with E-state index in [0.717, 1.165) is 11.1 Å². The van der Waals surface area contributed by atoms with Crippen LogP contribution < -0.4 is 10.3 Å². The van der Waals surface area contributed by atoms with Crippen LogP contribution in [0.25, 0.3) is 11.0 Å². The minimum Gasteiger partial charge on any atom is -0.450 e. The predicted molar refractivity (Wildman–Crippen MR) is 111 cm³/mol. The number of fused-ring (bicyclic) bond motifs is 2. The molecule has 0 fully saturated rings. The summed E-state index contributed by atoms with van der Waals surface area (Å²) in [6, 6.07) is 13.8. The Kier molecular flexibility index (Phi) is 4.03. The minimum absolute atomic E-state index is 0.0744. The number of aryl methyl sites for hydroxylation is 2. The topological polar surface area (TPSA) is 63.4 Å². The van der Waals surface area contributed by atoms with Crippen LogP contribution in [0.4, 0.5) is 10.2 Å². The highest BCUT2D eigenvalue weighted by molar-refractivity contribution is 6.10. The van der Waals surface area contributed by atoms with Crippen LogP contribution in [0.5, 0.6) is 0 Å². The van der Waals surface area contributed by atoms with E-state index in [-0.39, 0.29) is 22.3 Å². The Hall–Kier alpha value is -3.80. The molecule has 0 N–H and O–H groups in total. The SMILES string of the molecule is Cc1cc2oc3c(c(=O)c2cc1C)[C@H](c1ccccc1F)N(c1ccccn1)C3=O. The van der Waals surface area contributed by atoms with Crippen molar-refractivity contribution in [2.24, 2.45) is 0 Å². The largest absolute Gasteiger partial charge is 0.450 e. The molecule has 1 atom stereocenters. The maximum atomic E-state index is 14.8. The number of rotatable bonds is 2. The number of anilines is 1. The summed E-state index contributed by atoms with van der Waals surface area (Å²) in [5.74, 6) is -0.787. The van der Waals surface area contributed by atoms with Gasteiger partial charge < -0.3 is 4.42 Å². The van der Waals surface area contributed by atoms with Crippen molar-refractivity contribution in [1.82, 2.24) is 4.98 Å². The standard InChI is InChI=1S/C24H17FN2O3/c1-13-11-16-18(12-14(13)2)30-23-20(22(16)28)21(15-7-3-4-8-17(15)25)27(24(23)29)19-9-5-6-10-26-19/h3-12,21H,1-2H3/t21-/m0/s1. The van der Waals surface area contributed by atoms with Crippen molar-refractivity contribution in [3.8, 4) is 0 Å². The number of hydrogen-bond acceptors (Lipinski definition) is 4. The van der Waals surface area contributed by atoms with Gasteiger partial charge in [-0.25, -0.2) is 9.37 Å². The molecule has 0 radical (unpaired) electrons. The molecule has 0 saturated heterocycles. The van der Waals surface area contributed by atoms with Crippen LogP contribution in [-0.2, 0) is 0 Å². The van der Waals surface area contributed by atoms with E-state index in [1.165, 1.54) is 11.0 Å². The quantitative estimate of drug-likeness (QED) is 0.490. The van der Waals surface area contributed by atoms with E-state index in [1.54, 1.807) is 54.7 Å². The van der Waals surface area contributed by atoms with E-state index >= 15 is 0 Å². The Morgan fingerprint density at radius 2 is 1.73 bits per heavy atom. The number of carbonyl (C=O) groups is 1. The van der Waals surface area contributed by atoms with Crippen molar-refractivity contribution in [2.75, 3.05) is 4.90 Å². The number of benzene rings is 2. The highest BCUT2D eigenvalue weighted by atomic mass is 19.1. The zero-order valence-corrected chi connectivity index (χ0v) is 16.3. The molecule has 3 heterocycles. The van der Waals surface area contributed by atoms with E-state index in [9.17, 15) is 14.0 Å². The molecule has 5 nitrogen and oxygen atoms in total. The maximum Gasteiger partial charge on any atom is 0.296 e. The number of aromatic nitrogens is 1. The summed E-state index contributed by atoms with van der Waals surface area (Å²) in [6.07, 6.45) is 1.54. The lowest BCUT2D eigenvalue weighted by Gasteiger charge is -2.24. The molecule has 0 spiro atoms. The minimum atomic E-state index is -0.967. The molecule has 4 aromatic rings. The second-order valence-electron chi connectivity index (χ2n) is 7.39. The van der Waals surface area contributed by atoms with Gasteiger partial charge in [-0.3, -0.25) is 14.5 Å². The van der Waals surface area contributed by atoms with Crippen LogP contribution in [0.15, 0.2) is 70.0 Å². The highest BCUT2D eigenvalue weighted by Crippen LogP contribution is 2.41. The summed E-state index contributed by atoms with van der Waals surface area (Å²) in [6.45, 7) is 3.81. The van der Waals surface area contributed by atoms with Crippen molar-refractivity contribution < 1.29 is 13.6 Å². The fourth-order valence-electron chi connectivity index (χ4n) is 3.95. The molecule has 0 bridgehead atoms. The zero-order valence-electron chi connectivity index (χ0n) is 16.3. The van der Waals surface area contributed by atoms with E-state index < -0.39 is 17.8 Å². The number of amides is 1. The highest BCUT2D eigenvalue weighted by Gasteiger charge is 2.45. The zero-order chi connectivity index (χ0) is 21.0. The van der Waals surface area contributed by atoms with E-state index in [0.29, 0.717) is 16.8 Å². The van der Waals surface area contributed by atoms with Gasteiger partial charge >= 0.3 is 0 Å². The van der Waals surface area contributed by atoms with Gasteiger partial charge in [0.15, 0.2) is 5.43 Å². The molecular formula is C24H17FN2O3. The monoisotopic (exact) mass is 400 g/mol. The summed E-state index contributed by atoms with van der Waals surface area (Å²) in [7, 11) is 0. The molecule has 5 rings (SSSR count). The van der Waals surface area contributed by atoms with Crippen LogP contribution in [0, 0.1) is 19.7 Å². The third-order valence-corrected chi connectivity index (χ3v) is 5.58. The summed E-state index contributed by atoms with van der Waals surface area (Å²) in [5.41, 5.74) is 2.23. The summed E-state index contributed by atoms with van der Waals surface area (Å²) >= 11 is 0. The normalized spacial score (nSPS) is 15.6. The van der Waals surface area contributed by atoms with Crippen molar-refractivity contribution in [3.05, 3.63) is 105 Å². The maximum absolute atomic E-state index is 14.8. The Bertz CT molecular complexity index is 1380. The van der Waals surface area contributed by atoms with E-state index in [1.807, 2.05) is 13.8 Å². The lowest BCUT2D eigenvalue weighted by atomic mass is 9.97. The molecule has 0 aliphatic carbocycles. The first-order chi connectivity index (χ1) is 14.5. The first kappa shape index (κ1) is 18.2. The van der Waals surface area contributed by atoms with Crippen molar-refractivity contribution in [1.29, 1.82) is 0 Å². The van der Waals surface area contributed by atoms with Crippen LogP contribution >= 0.6 is 0 Å². The molecule has 30 heavy (non-hydrogen) atoms. The molecule has 0 unspecified atom stereocenters. The van der Waals surface area contributed by atoms with Crippen molar-refractivity contribution in [3.63, 3.8) is 0 Å². The number of hydrogen-bond donors (Lipinski definition) is 0. The summed E-state index contributed by atoms with van der Waals surface area (Å²) in [4.78, 5) is 32.5. The second kappa shape index (κ2) is 6.62. The third kappa shape index (κ3) is 2.57. The Morgan fingerprint density at radius 3 is 2.47 bits per heavy atom. The molecule has 148 valence electrons. The second-order valence-corrected chi connectivity index (χ2v) is 7.39. The predicted octanol–water partition coefficient (Wildman–Crippen LogP) is 4.69. The van der Waals surface area contributed by atoms with Crippen LogP contribution in [0.1, 0.15) is 38.9 Å². The van der Waals surface area contributed by atoms with Gasteiger partial charge in [0.05, 0.1) is 17.0 Å². The number of carbonyl (C=O) groups excluding carboxylic acids is 1. The lowest BCUT2D eigenvalue weighted by Crippen LogP contribution is -2.30. The molecule has 1 aliphatic rings. The van der Waals surface area contributed by atoms with Crippen LogP contribution in [-0.4, -0.2) is 10.9 Å². The molecule has 1 amide bonds. The average molecular weight is 400 g/mol. The molecule has 2 aromatic carbocycles. The number of nitrogens with zero attached hydrogens (tertiary/aromatic N) is 2. The summed E-state index contributed by atoms with van der Waals surface area (Å²) in [5, 5.41) is 0.369. The van der Waals surface area contributed by atoms with Crippen LogP contribution in [0.3, 0.4) is 0 Å². The van der Waals surface area contributed by atoms with E-state index in [4.69, 9.17) is 4.42 Å². The Balaban J connectivity index is 1.86. The van der Waals surface area contributed by atoms with E-state index in [2.05, 4.69) is 4.98 Å². The fraction of sp³-hybridized carbons (Fsp3) is 0.125. The average Bonchev–Trinajstić information content (AvgIpc) is 3.03. The molecule has 6 heteroatoms. The first-order valence-corrected chi connectivity index (χ1v) is 9.54. The molecule has 2 aromatic heterocycles. The van der Waals surface area contributed by atoms with Gasteiger partial charge in [-0.05, 0) is 55.3 Å². The Morgan fingerprint density at radius 1 is 1.00 bits per heavy atom. The van der Waals surface area contributed by atoms with Crippen molar-refractivity contribution in [2.45, 2.75) is 19.9 Å². The first-order valence-electron chi connectivity index (χ1n) is 9.54. The van der Waals surface area contributed by atoms with Gasteiger partial charge in [0.2, 0.25) is 5.76 Å². The van der Waals surface area contributed by atoms with Crippen molar-refractivity contribution >= 4 is 22.7 Å². The molecular weight excluding hydrogens is 383 g/mol. The smallest absolute Gasteiger partial charge is 0.296 e. The Labute approximate surface area is 171 Å². The lowest BCUT2D eigenvalue weighted by molar-refractivity contribution is 0.0970. The fourth-order valence-corrected chi connectivity index (χ4v) is 3.95. The van der Waals surface area contributed by atoms with Gasteiger partial charge in [0.1, 0.15) is 17.2 Å². The third-order valence-electron chi connectivity index (χ3n) is 5.58.